The van der Waals surface area contributed by atoms with Crippen LogP contribution in [0.25, 0.3) is 0 Å². The fourth-order valence-corrected chi connectivity index (χ4v) is 3.71. The maximum Gasteiger partial charge on any atom is 0.267 e. The number of aliphatic hydroxyl groups excluding tert-OH is 1. The monoisotopic (exact) mass is 420 g/mol. The van der Waals surface area contributed by atoms with Gasteiger partial charge in [0.1, 0.15) is 0 Å². The van der Waals surface area contributed by atoms with Crippen molar-refractivity contribution in [3.8, 4) is 0 Å². The van der Waals surface area contributed by atoms with Gasteiger partial charge in [-0.2, -0.15) is 0 Å². The number of allylic oxidation sites excluding steroid dienone is 1. The summed E-state index contributed by atoms with van der Waals surface area (Å²) in [5.41, 5.74) is 7.32. The highest BCUT2D eigenvalue weighted by Crippen LogP contribution is 2.24. The summed E-state index contributed by atoms with van der Waals surface area (Å²) >= 11 is 6.04. The first kappa shape index (κ1) is 23.1. The molecule has 0 saturated heterocycles. The Morgan fingerprint density at radius 2 is 2.17 bits per heavy atom. The number of carbonyl (C=O) groups is 1. The smallest absolute Gasteiger partial charge is 0.267 e. The van der Waals surface area contributed by atoms with Crippen LogP contribution in [0.1, 0.15) is 51.6 Å². The van der Waals surface area contributed by atoms with E-state index in [2.05, 4.69) is 22.9 Å². The number of hydrogen-bond acceptors (Lipinski definition) is 5. The Hall–Kier alpha value is -2.18. The van der Waals surface area contributed by atoms with Crippen molar-refractivity contribution in [1.29, 1.82) is 0 Å². The Morgan fingerprint density at radius 3 is 2.79 bits per heavy atom. The number of halogens is 1. The van der Waals surface area contributed by atoms with Gasteiger partial charge in [-0.15, -0.1) is 0 Å². The van der Waals surface area contributed by atoms with Gasteiger partial charge in [0.25, 0.3) is 5.91 Å². The molecule has 0 spiro atoms. The zero-order chi connectivity index (χ0) is 21.4. The van der Waals surface area contributed by atoms with Gasteiger partial charge in [-0.3, -0.25) is 4.79 Å². The highest BCUT2D eigenvalue weighted by molar-refractivity contribution is 6.30. The van der Waals surface area contributed by atoms with Crippen molar-refractivity contribution >= 4 is 17.5 Å². The molecule has 0 unspecified atom stereocenters. The minimum Gasteiger partial charge on any atom is -0.394 e. The SMILES string of the molecule is CC[C@H]1CC=C(C(=O)N[C@H](CO)c2cccc(Cl)c2)N[C@H]1C/C=C(\N)NC(C)C. The zero-order valence-corrected chi connectivity index (χ0v) is 18.2. The molecule has 0 aliphatic carbocycles. The van der Waals surface area contributed by atoms with Crippen molar-refractivity contribution in [2.75, 3.05) is 6.61 Å². The van der Waals surface area contributed by atoms with Crippen LogP contribution < -0.4 is 21.7 Å². The predicted molar refractivity (Wildman–Crippen MR) is 118 cm³/mol. The summed E-state index contributed by atoms with van der Waals surface area (Å²) in [4.78, 5) is 12.8. The standard InChI is InChI=1S/C22H33ClN4O2/c1-4-15-8-9-19(26-18(15)10-11-21(24)25-14(2)3)22(29)27-20(13-28)16-6-5-7-17(23)12-16/h5-7,9,11-12,14-15,18,20,25-26,28H,4,8,10,13,24H2,1-3H3,(H,27,29)/b21-11+/t15-,18-,20+/m0/s1. The minimum absolute atomic E-state index is 0.122. The lowest BCUT2D eigenvalue weighted by Gasteiger charge is -2.32. The Kier molecular flexibility index (Phi) is 8.86. The van der Waals surface area contributed by atoms with E-state index in [1.807, 2.05) is 32.1 Å². The van der Waals surface area contributed by atoms with Crippen LogP contribution >= 0.6 is 11.6 Å². The van der Waals surface area contributed by atoms with Gasteiger partial charge in [0, 0.05) is 17.1 Å². The largest absolute Gasteiger partial charge is 0.394 e. The molecule has 29 heavy (non-hydrogen) atoms. The number of nitrogens with two attached hydrogens (primary N) is 1. The molecule has 7 heteroatoms. The summed E-state index contributed by atoms with van der Waals surface area (Å²) < 4.78 is 0. The first-order valence-electron chi connectivity index (χ1n) is 10.2. The van der Waals surface area contributed by atoms with E-state index in [9.17, 15) is 9.90 Å². The third-order valence-electron chi connectivity index (χ3n) is 5.09. The van der Waals surface area contributed by atoms with E-state index in [4.69, 9.17) is 17.3 Å². The van der Waals surface area contributed by atoms with E-state index in [0.29, 0.717) is 22.5 Å². The number of benzene rings is 1. The van der Waals surface area contributed by atoms with Crippen molar-refractivity contribution in [2.45, 2.75) is 58.2 Å². The zero-order valence-electron chi connectivity index (χ0n) is 17.4. The molecule has 1 aromatic rings. The van der Waals surface area contributed by atoms with Gasteiger partial charge in [0.15, 0.2) is 0 Å². The fourth-order valence-electron chi connectivity index (χ4n) is 3.51. The Bertz CT molecular complexity index is 748. The number of carbonyl (C=O) groups excluding carboxylic acids is 1. The molecule has 0 saturated carbocycles. The van der Waals surface area contributed by atoms with Gasteiger partial charge < -0.3 is 26.8 Å². The number of nitrogens with one attached hydrogen (secondary N) is 3. The van der Waals surface area contributed by atoms with Crippen LogP contribution in [0, 0.1) is 5.92 Å². The molecule has 0 aromatic heterocycles. The Morgan fingerprint density at radius 1 is 1.41 bits per heavy atom. The molecule has 0 bridgehead atoms. The summed E-state index contributed by atoms with van der Waals surface area (Å²) in [6.45, 7) is 6.02. The van der Waals surface area contributed by atoms with E-state index in [1.54, 1.807) is 18.2 Å². The van der Waals surface area contributed by atoms with Crippen LogP contribution in [0.4, 0.5) is 0 Å². The summed E-state index contributed by atoms with van der Waals surface area (Å²) in [5, 5.41) is 19.8. The lowest BCUT2D eigenvalue weighted by molar-refractivity contribution is -0.119. The van der Waals surface area contributed by atoms with Crippen molar-refractivity contribution in [3.05, 3.63) is 58.5 Å². The van der Waals surface area contributed by atoms with E-state index in [1.165, 1.54) is 0 Å². The fraction of sp³-hybridized carbons (Fsp3) is 0.500. The average Bonchev–Trinajstić information content (AvgIpc) is 2.69. The number of amides is 1. The molecule has 0 fully saturated rings. The molecule has 1 aromatic carbocycles. The average molecular weight is 421 g/mol. The molecule has 1 amide bonds. The van der Waals surface area contributed by atoms with E-state index in [0.717, 1.165) is 24.8 Å². The molecule has 1 aliphatic heterocycles. The van der Waals surface area contributed by atoms with Crippen LogP contribution in [0.5, 0.6) is 0 Å². The molecule has 6 N–H and O–H groups in total. The summed E-state index contributed by atoms with van der Waals surface area (Å²) in [7, 11) is 0. The van der Waals surface area contributed by atoms with Crippen molar-refractivity contribution < 1.29 is 9.90 Å². The number of rotatable bonds is 9. The van der Waals surface area contributed by atoms with E-state index >= 15 is 0 Å². The highest BCUT2D eigenvalue weighted by atomic mass is 35.5. The normalized spacial score (nSPS) is 20.6. The lowest BCUT2D eigenvalue weighted by atomic mass is 9.87. The maximum atomic E-state index is 12.8. The Balaban J connectivity index is 2.05. The van der Waals surface area contributed by atoms with Gasteiger partial charge in [-0.25, -0.2) is 0 Å². The molecule has 3 atom stereocenters. The first-order chi connectivity index (χ1) is 13.8. The third kappa shape index (κ3) is 6.98. The quantitative estimate of drug-likeness (QED) is 0.423. The second-order valence-corrected chi connectivity index (χ2v) is 8.17. The van der Waals surface area contributed by atoms with Crippen LogP contribution in [0.3, 0.4) is 0 Å². The Labute approximate surface area is 178 Å². The minimum atomic E-state index is -0.517. The van der Waals surface area contributed by atoms with Crippen LogP contribution in [0.2, 0.25) is 5.02 Å². The summed E-state index contributed by atoms with van der Waals surface area (Å²) in [6, 6.07) is 7.02. The van der Waals surface area contributed by atoms with Crippen molar-refractivity contribution in [2.24, 2.45) is 11.7 Å². The molecule has 160 valence electrons. The molecular formula is C22H33ClN4O2. The van der Waals surface area contributed by atoms with Gasteiger partial charge >= 0.3 is 0 Å². The molecule has 0 radical (unpaired) electrons. The number of aliphatic hydroxyl groups is 1. The number of hydrogen-bond donors (Lipinski definition) is 5. The molecule has 6 nitrogen and oxygen atoms in total. The van der Waals surface area contributed by atoms with Crippen molar-refractivity contribution in [1.82, 2.24) is 16.0 Å². The van der Waals surface area contributed by atoms with Crippen LogP contribution in [-0.4, -0.2) is 29.7 Å². The van der Waals surface area contributed by atoms with Gasteiger partial charge in [0.05, 0.1) is 24.2 Å². The van der Waals surface area contributed by atoms with E-state index in [-0.39, 0.29) is 24.6 Å². The lowest BCUT2D eigenvalue weighted by Crippen LogP contribution is -2.44. The predicted octanol–water partition coefficient (Wildman–Crippen LogP) is 2.95. The molecular weight excluding hydrogens is 388 g/mol. The highest BCUT2D eigenvalue weighted by Gasteiger charge is 2.27. The molecule has 1 heterocycles. The third-order valence-corrected chi connectivity index (χ3v) is 5.32. The van der Waals surface area contributed by atoms with E-state index < -0.39 is 6.04 Å². The van der Waals surface area contributed by atoms with Crippen LogP contribution in [-0.2, 0) is 4.79 Å². The van der Waals surface area contributed by atoms with Gasteiger partial charge in [0.2, 0.25) is 0 Å². The molecule has 2 rings (SSSR count). The summed E-state index contributed by atoms with van der Waals surface area (Å²) in [5.74, 6) is 0.843. The topological polar surface area (TPSA) is 99.4 Å². The molecule has 1 aliphatic rings. The second-order valence-electron chi connectivity index (χ2n) is 7.73. The van der Waals surface area contributed by atoms with Gasteiger partial charge in [-0.05, 0) is 56.4 Å². The first-order valence-corrected chi connectivity index (χ1v) is 10.6. The van der Waals surface area contributed by atoms with Gasteiger partial charge in [-0.1, -0.05) is 43.2 Å². The van der Waals surface area contributed by atoms with Crippen LogP contribution in [0.15, 0.2) is 47.9 Å². The summed E-state index contributed by atoms with van der Waals surface area (Å²) in [6.07, 6.45) is 6.47. The van der Waals surface area contributed by atoms with Crippen molar-refractivity contribution in [3.63, 3.8) is 0 Å². The second kappa shape index (κ2) is 11.1. The maximum absolute atomic E-state index is 12.8.